The first-order chi connectivity index (χ1) is 13.8. The Hall–Kier alpha value is -3.46. The summed E-state index contributed by atoms with van der Waals surface area (Å²) in [5.74, 6) is -5.42. The summed E-state index contributed by atoms with van der Waals surface area (Å²) in [5, 5.41) is 19.1. The molecule has 0 saturated heterocycles. The summed E-state index contributed by atoms with van der Waals surface area (Å²) in [4.78, 5) is 32.0. The van der Waals surface area contributed by atoms with E-state index in [1.54, 1.807) is 6.07 Å². The molecule has 2 heterocycles. The van der Waals surface area contributed by atoms with Gasteiger partial charge in [-0.1, -0.05) is 11.6 Å². The second-order valence-corrected chi connectivity index (χ2v) is 6.79. The lowest BCUT2D eigenvalue weighted by Gasteiger charge is -2.27. The number of aromatic amines is 1. The summed E-state index contributed by atoms with van der Waals surface area (Å²) in [6.07, 6.45) is 0.633. The number of hydrogen-bond donors (Lipinski definition) is 3. The number of halogens is 3. The maximum Gasteiger partial charge on any atom is 0.307 e. The van der Waals surface area contributed by atoms with E-state index >= 15 is 0 Å². The SMILES string of the molecule is O=C(O)CC1=C(O)C(=O)N(c2ccc3[nH]cnc3c2)C1c1c(F)ccc(Cl)c1F. The number of amides is 1. The number of anilines is 1. The van der Waals surface area contributed by atoms with Crippen LogP contribution in [0.3, 0.4) is 0 Å². The Morgan fingerprint density at radius 2 is 2.03 bits per heavy atom. The van der Waals surface area contributed by atoms with Crippen molar-refractivity contribution < 1.29 is 28.6 Å². The highest BCUT2D eigenvalue weighted by Gasteiger charge is 2.44. The molecule has 0 fully saturated rings. The minimum absolute atomic E-state index is 0.172. The van der Waals surface area contributed by atoms with Crippen molar-refractivity contribution in [2.75, 3.05) is 4.90 Å². The van der Waals surface area contributed by atoms with Crippen molar-refractivity contribution in [3.8, 4) is 0 Å². The Morgan fingerprint density at radius 1 is 1.28 bits per heavy atom. The fourth-order valence-corrected chi connectivity index (χ4v) is 3.60. The zero-order valence-electron chi connectivity index (χ0n) is 14.5. The minimum atomic E-state index is -1.53. The van der Waals surface area contributed by atoms with Crippen LogP contribution < -0.4 is 4.90 Å². The third-order valence-corrected chi connectivity index (χ3v) is 4.98. The van der Waals surface area contributed by atoms with Crippen LogP contribution in [0.15, 0.2) is 48.0 Å². The van der Waals surface area contributed by atoms with Gasteiger partial charge >= 0.3 is 5.97 Å². The second kappa shape index (κ2) is 6.85. The van der Waals surface area contributed by atoms with Crippen LogP contribution in [0.25, 0.3) is 11.0 Å². The van der Waals surface area contributed by atoms with Crippen LogP contribution in [0.4, 0.5) is 14.5 Å². The molecule has 10 heteroatoms. The predicted octanol–water partition coefficient (Wildman–Crippen LogP) is 3.87. The van der Waals surface area contributed by atoms with Crippen molar-refractivity contribution in [1.29, 1.82) is 0 Å². The highest BCUT2D eigenvalue weighted by atomic mass is 35.5. The van der Waals surface area contributed by atoms with Crippen LogP contribution in [-0.2, 0) is 9.59 Å². The number of carbonyl (C=O) groups is 2. The molecule has 1 aliphatic heterocycles. The number of benzene rings is 2. The molecule has 0 radical (unpaired) electrons. The average Bonchev–Trinajstić information content (AvgIpc) is 3.23. The summed E-state index contributed by atoms with van der Waals surface area (Å²) in [6.45, 7) is 0. The number of carbonyl (C=O) groups excluding carboxylic acids is 1. The molecule has 0 bridgehead atoms. The summed E-state index contributed by atoms with van der Waals surface area (Å²) < 4.78 is 29.4. The number of aliphatic hydroxyl groups excluding tert-OH is 1. The number of carboxylic acid groups (broad SMARTS) is 1. The number of H-pyrrole nitrogens is 1. The Bertz CT molecular complexity index is 1210. The van der Waals surface area contributed by atoms with Crippen LogP contribution >= 0.6 is 11.6 Å². The van der Waals surface area contributed by atoms with Gasteiger partial charge in [-0.05, 0) is 30.3 Å². The molecule has 0 saturated carbocycles. The monoisotopic (exact) mass is 419 g/mol. The smallest absolute Gasteiger partial charge is 0.307 e. The molecule has 4 rings (SSSR count). The van der Waals surface area contributed by atoms with E-state index in [1.165, 1.54) is 18.5 Å². The maximum atomic E-state index is 14.8. The largest absolute Gasteiger partial charge is 0.503 e. The van der Waals surface area contributed by atoms with E-state index < -0.39 is 52.3 Å². The van der Waals surface area contributed by atoms with Gasteiger partial charge in [0.15, 0.2) is 5.76 Å². The fraction of sp³-hybridized carbons (Fsp3) is 0.105. The van der Waals surface area contributed by atoms with Crippen LogP contribution in [0.2, 0.25) is 5.02 Å². The van der Waals surface area contributed by atoms with Gasteiger partial charge in [0.25, 0.3) is 5.91 Å². The summed E-state index contributed by atoms with van der Waals surface area (Å²) >= 11 is 5.79. The van der Waals surface area contributed by atoms with E-state index in [0.717, 1.165) is 17.0 Å². The van der Waals surface area contributed by atoms with Crippen molar-refractivity contribution >= 4 is 40.2 Å². The number of aromatic nitrogens is 2. The average molecular weight is 420 g/mol. The Morgan fingerprint density at radius 3 is 2.76 bits per heavy atom. The van der Waals surface area contributed by atoms with Gasteiger partial charge < -0.3 is 15.2 Å². The molecular weight excluding hydrogens is 408 g/mol. The van der Waals surface area contributed by atoms with E-state index in [2.05, 4.69) is 9.97 Å². The molecule has 1 aromatic heterocycles. The summed E-state index contributed by atoms with van der Waals surface area (Å²) in [5.41, 5.74) is 0.315. The lowest BCUT2D eigenvalue weighted by molar-refractivity contribution is -0.136. The maximum absolute atomic E-state index is 14.8. The number of carboxylic acids is 1. The third-order valence-electron chi connectivity index (χ3n) is 4.69. The normalized spacial score (nSPS) is 16.9. The molecule has 1 aliphatic rings. The van der Waals surface area contributed by atoms with Gasteiger partial charge in [-0.2, -0.15) is 0 Å². The molecule has 3 N–H and O–H groups in total. The number of fused-ring (bicyclic) bond motifs is 1. The lowest BCUT2D eigenvalue weighted by Crippen LogP contribution is -2.31. The van der Waals surface area contributed by atoms with Crippen molar-refractivity contribution in [2.24, 2.45) is 0 Å². The van der Waals surface area contributed by atoms with Crippen molar-refractivity contribution in [3.05, 3.63) is 70.2 Å². The lowest BCUT2D eigenvalue weighted by atomic mass is 9.95. The molecule has 148 valence electrons. The van der Waals surface area contributed by atoms with Gasteiger partial charge in [0.1, 0.15) is 11.6 Å². The summed E-state index contributed by atoms with van der Waals surface area (Å²) in [7, 11) is 0. The van der Waals surface area contributed by atoms with Crippen LogP contribution in [0, 0.1) is 11.6 Å². The number of imidazole rings is 1. The van der Waals surface area contributed by atoms with Gasteiger partial charge in [0.05, 0.1) is 40.4 Å². The molecule has 1 atom stereocenters. The van der Waals surface area contributed by atoms with Gasteiger partial charge in [-0.15, -0.1) is 0 Å². The van der Waals surface area contributed by atoms with Gasteiger partial charge in [-0.25, -0.2) is 13.8 Å². The zero-order chi connectivity index (χ0) is 20.9. The quantitative estimate of drug-likeness (QED) is 0.556. The van der Waals surface area contributed by atoms with E-state index in [0.29, 0.717) is 11.0 Å². The first kappa shape index (κ1) is 18.9. The molecular formula is C19H12ClF2N3O4. The third kappa shape index (κ3) is 2.99. The summed E-state index contributed by atoms with van der Waals surface area (Å²) in [6, 6.07) is 4.95. The minimum Gasteiger partial charge on any atom is -0.503 e. The molecule has 7 nitrogen and oxygen atoms in total. The van der Waals surface area contributed by atoms with Crippen molar-refractivity contribution in [2.45, 2.75) is 12.5 Å². The van der Waals surface area contributed by atoms with Crippen molar-refractivity contribution in [1.82, 2.24) is 9.97 Å². The van der Waals surface area contributed by atoms with Crippen LogP contribution in [-0.4, -0.2) is 32.1 Å². The number of nitrogens with one attached hydrogen (secondary N) is 1. The number of nitrogens with zero attached hydrogens (tertiary/aromatic N) is 2. The van der Waals surface area contributed by atoms with Gasteiger partial charge in [0, 0.05) is 11.3 Å². The van der Waals surface area contributed by atoms with E-state index in [1.807, 2.05) is 0 Å². The molecule has 0 aliphatic carbocycles. The van der Waals surface area contributed by atoms with Crippen LogP contribution in [0.5, 0.6) is 0 Å². The van der Waals surface area contributed by atoms with E-state index in [9.17, 15) is 28.6 Å². The van der Waals surface area contributed by atoms with Gasteiger partial charge in [-0.3, -0.25) is 14.5 Å². The highest BCUT2D eigenvalue weighted by molar-refractivity contribution is 6.30. The Balaban J connectivity index is 1.95. The predicted molar refractivity (Wildman–Crippen MR) is 99.6 cm³/mol. The van der Waals surface area contributed by atoms with E-state index in [4.69, 9.17) is 11.6 Å². The molecule has 0 spiro atoms. The highest BCUT2D eigenvalue weighted by Crippen LogP contribution is 2.44. The number of aliphatic hydroxyl groups is 1. The first-order valence-corrected chi connectivity index (χ1v) is 8.71. The number of rotatable bonds is 4. The second-order valence-electron chi connectivity index (χ2n) is 6.38. The molecule has 2 aromatic carbocycles. The zero-order valence-corrected chi connectivity index (χ0v) is 15.2. The van der Waals surface area contributed by atoms with Crippen LogP contribution in [0.1, 0.15) is 18.0 Å². The number of aliphatic carboxylic acids is 1. The number of hydrogen-bond acceptors (Lipinski definition) is 4. The molecule has 3 aromatic rings. The Labute approximate surface area is 166 Å². The fourth-order valence-electron chi connectivity index (χ4n) is 3.43. The topological polar surface area (TPSA) is 107 Å². The van der Waals surface area contributed by atoms with Crippen molar-refractivity contribution in [3.63, 3.8) is 0 Å². The standard InChI is InChI=1S/C19H12ClF2N3O4/c20-10-2-3-11(21)15(16(10)22)17-9(6-14(26)27)18(28)19(29)25(17)8-1-4-12-13(5-8)24-7-23-12/h1-5,7,17,28H,6H2,(H,23,24)(H,26,27). The molecule has 1 amide bonds. The molecule has 29 heavy (non-hydrogen) atoms. The Kier molecular flexibility index (Phi) is 4.46. The van der Waals surface area contributed by atoms with E-state index in [-0.39, 0.29) is 11.3 Å². The van der Waals surface area contributed by atoms with Gasteiger partial charge in [0.2, 0.25) is 0 Å². The molecule has 1 unspecified atom stereocenters. The first-order valence-electron chi connectivity index (χ1n) is 8.33.